The number of hydrogen-bond acceptors (Lipinski definition) is 2. The Bertz CT molecular complexity index is 386. The van der Waals surface area contributed by atoms with E-state index in [1.165, 1.54) is 0 Å². The van der Waals surface area contributed by atoms with E-state index in [-0.39, 0.29) is 11.8 Å². The zero-order valence-electron chi connectivity index (χ0n) is 8.97. The highest BCUT2D eigenvalue weighted by molar-refractivity contribution is 5.83. The van der Waals surface area contributed by atoms with Gasteiger partial charge in [-0.05, 0) is 12.0 Å². The molecule has 1 aromatic rings. The summed E-state index contributed by atoms with van der Waals surface area (Å²) < 4.78 is 0. The summed E-state index contributed by atoms with van der Waals surface area (Å²) in [4.78, 5) is 11.0. The molecule has 3 heteroatoms. The van der Waals surface area contributed by atoms with Crippen LogP contribution in [0, 0.1) is 5.92 Å². The third-order valence-electron chi connectivity index (χ3n) is 2.80. The molecule has 1 heterocycles. The molecule has 1 fully saturated rings. The maximum absolute atomic E-state index is 11.0. The van der Waals surface area contributed by atoms with Crippen LogP contribution in [0.1, 0.15) is 12.0 Å². The first-order valence-corrected chi connectivity index (χ1v) is 5.45. The van der Waals surface area contributed by atoms with Crippen molar-refractivity contribution in [3.63, 3.8) is 0 Å². The number of rotatable bonds is 3. The fourth-order valence-electron chi connectivity index (χ4n) is 1.82. The molecule has 1 aliphatic rings. The van der Waals surface area contributed by atoms with Gasteiger partial charge in [-0.3, -0.25) is 4.79 Å². The Hall–Kier alpha value is -1.61. The largest absolute Gasteiger partial charge is 0.383 e. The van der Waals surface area contributed by atoms with Crippen LogP contribution >= 0.6 is 0 Å². The molecule has 2 unspecified atom stereocenters. The van der Waals surface area contributed by atoms with Crippen LogP contribution < -0.4 is 5.32 Å². The molecule has 0 saturated carbocycles. The average molecular weight is 217 g/mol. The number of hydrogen-bond donors (Lipinski definition) is 2. The van der Waals surface area contributed by atoms with Crippen molar-refractivity contribution in [1.82, 2.24) is 5.32 Å². The lowest BCUT2D eigenvalue weighted by molar-refractivity contribution is -0.127. The Morgan fingerprint density at radius 2 is 2.12 bits per heavy atom. The smallest absolute Gasteiger partial charge is 0.249 e. The second-order valence-electron chi connectivity index (χ2n) is 4.00. The van der Waals surface area contributed by atoms with E-state index in [4.69, 9.17) is 0 Å². The van der Waals surface area contributed by atoms with Crippen molar-refractivity contribution in [2.24, 2.45) is 5.92 Å². The highest BCUT2D eigenvalue weighted by atomic mass is 16.3. The first kappa shape index (κ1) is 10.9. The molecule has 0 aromatic heterocycles. The zero-order valence-corrected chi connectivity index (χ0v) is 8.97. The summed E-state index contributed by atoms with van der Waals surface area (Å²) >= 11 is 0. The van der Waals surface area contributed by atoms with Crippen molar-refractivity contribution >= 4 is 12.0 Å². The molecule has 1 amide bonds. The number of allylic oxidation sites excluding steroid dienone is 1. The van der Waals surface area contributed by atoms with E-state index in [1.54, 1.807) is 0 Å². The fraction of sp³-hybridized carbons (Fsp3) is 0.308. The standard InChI is InChI=1S/C13H15NO2/c15-12-11(9-14-13(12)16)8-4-7-10-5-2-1-3-6-10/h1-7,11-12,15H,8-9H2,(H,14,16). The molecule has 0 radical (unpaired) electrons. The molecule has 16 heavy (non-hydrogen) atoms. The lowest BCUT2D eigenvalue weighted by Crippen LogP contribution is -2.24. The molecule has 1 aliphatic heterocycles. The van der Waals surface area contributed by atoms with Gasteiger partial charge in [0.2, 0.25) is 5.91 Å². The lowest BCUT2D eigenvalue weighted by Gasteiger charge is -2.07. The van der Waals surface area contributed by atoms with Crippen molar-refractivity contribution in [1.29, 1.82) is 0 Å². The summed E-state index contributed by atoms with van der Waals surface area (Å²) in [6.45, 7) is 0.569. The van der Waals surface area contributed by atoms with E-state index in [2.05, 4.69) is 5.32 Å². The summed E-state index contributed by atoms with van der Waals surface area (Å²) in [6, 6.07) is 9.97. The summed E-state index contributed by atoms with van der Waals surface area (Å²) in [6.07, 6.45) is 3.88. The Labute approximate surface area is 94.8 Å². The zero-order chi connectivity index (χ0) is 11.4. The number of aliphatic hydroxyl groups is 1. The monoisotopic (exact) mass is 217 g/mol. The van der Waals surface area contributed by atoms with Gasteiger partial charge in [0, 0.05) is 12.5 Å². The molecule has 1 aromatic carbocycles. The van der Waals surface area contributed by atoms with Crippen molar-refractivity contribution in [2.75, 3.05) is 6.54 Å². The maximum Gasteiger partial charge on any atom is 0.249 e. The normalized spacial score (nSPS) is 24.9. The highest BCUT2D eigenvalue weighted by Gasteiger charge is 2.31. The van der Waals surface area contributed by atoms with Crippen LogP contribution in [0.3, 0.4) is 0 Å². The number of nitrogens with one attached hydrogen (secondary N) is 1. The molecule has 0 aliphatic carbocycles. The number of aliphatic hydroxyl groups excluding tert-OH is 1. The predicted octanol–water partition coefficient (Wildman–Crippen LogP) is 1.20. The van der Waals surface area contributed by atoms with Crippen LogP contribution in [0.5, 0.6) is 0 Å². The van der Waals surface area contributed by atoms with E-state index >= 15 is 0 Å². The van der Waals surface area contributed by atoms with Gasteiger partial charge in [-0.1, -0.05) is 42.5 Å². The fourth-order valence-corrected chi connectivity index (χ4v) is 1.82. The molecule has 84 valence electrons. The van der Waals surface area contributed by atoms with E-state index in [1.807, 2.05) is 42.5 Å². The van der Waals surface area contributed by atoms with Gasteiger partial charge in [0.1, 0.15) is 6.10 Å². The van der Waals surface area contributed by atoms with Crippen molar-refractivity contribution in [3.8, 4) is 0 Å². The van der Waals surface area contributed by atoms with Gasteiger partial charge in [0.15, 0.2) is 0 Å². The maximum atomic E-state index is 11.0. The average Bonchev–Trinajstić information content (AvgIpc) is 2.62. The van der Waals surface area contributed by atoms with Gasteiger partial charge >= 0.3 is 0 Å². The Morgan fingerprint density at radius 1 is 1.38 bits per heavy atom. The molecular formula is C13H15NO2. The molecule has 1 saturated heterocycles. The minimum absolute atomic E-state index is 0.00691. The Balaban J connectivity index is 1.88. The molecule has 0 bridgehead atoms. The van der Waals surface area contributed by atoms with Crippen molar-refractivity contribution in [2.45, 2.75) is 12.5 Å². The second kappa shape index (κ2) is 4.94. The molecule has 2 N–H and O–H groups in total. The minimum atomic E-state index is -0.847. The predicted molar refractivity (Wildman–Crippen MR) is 62.6 cm³/mol. The molecule has 3 nitrogen and oxygen atoms in total. The number of carbonyl (C=O) groups is 1. The van der Waals surface area contributed by atoms with Crippen LogP contribution in [-0.2, 0) is 4.79 Å². The van der Waals surface area contributed by atoms with Crippen molar-refractivity contribution < 1.29 is 9.90 Å². The van der Waals surface area contributed by atoms with Crippen LogP contribution in [0.2, 0.25) is 0 Å². The second-order valence-corrected chi connectivity index (χ2v) is 4.00. The molecular weight excluding hydrogens is 202 g/mol. The van der Waals surface area contributed by atoms with Gasteiger partial charge in [0.05, 0.1) is 0 Å². The topological polar surface area (TPSA) is 49.3 Å². The third-order valence-corrected chi connectivity index (χ3v) is 2.80. The number of carbonyl (C=O) groups excluding carboxylic acids is 1. The molecule has 0 spiro atoms. The summed E-state index contributed by atoms with van der Waals surface area (Å²) in [5.41, 5.74) is 1.13. The first-order chi connectivity index (χ1) is 7.77. The lowest BCUT2D eigenvalue weighted by atomic mass is 10.0. The number of benzene rings is 1. The summed E-state index contributed by atoms with van der Waals surface area (Å²) in [7, 11) is 0. The van der Waals surface area contributed by atoms with Gasteiger partial charge in [-0.25, -0.2) is 0 Å². The summed E-state index contributed by atoms with van der Waals surface area (Å²) in [5, 5.41) is 12.2. The van der Waals surface area contributed by atoms with Gasteiger partial charge < -0.3 is 10.4 Å². The van der Waals surface area contributed by atoms with Gasteiger partial charge in [-0.2, -0.15) is 0 Å². The van der Waals surface area contributed by atoms with Crippen LogP contribution in [0.4, 0.5) is 0 Å². The van der Waals surface area contributed by atoms with Crippen LogP contribution in [0.15, 0.2) is 36.4 Å². The highest BCUT2D eigenvalue weighted by Crippen LogP contribution is 2.15. The van der Waals surface area contributed by atoms with Crippen molar-refractivity contribution in [3.05, 3.63) is 42.0 Å². The van der Waals surface area contributed by atoms with E-state index in [9.17, 15) is 9.90 Å². The Kier molecular flexibility index (Phi) is 3.37. The van der Waals surface area contributed by atoms with Gasteiger partial charge in [0.25, 0.3) is 0 Å². The van der Waals surface area contributed by atoms with Crippen LogP contribution in [-0.4, -0.2) is 23.7 Å². The first-order valence-electron chi connectivity index (χ1n) is 5.45. The quantitative estimate of drug-likeness (QED) is 0.799. The number of amides is 1. The van der Waals surface area contributed by atoms with E-state index in [0.717, 1.165) is 12.0 Å². The minimum Gasteiger partial charge on any atom is -0.383 e. The van der Waals surface area contributed by atoms with E-state index in [0.29, 0.717) is 6.54 Å². The summed E-state index contributed by atoms with van der Waals surface area (Å²) in [5.74, 6) is -0.245. The molecule has 2 rings (SSSR count). The Morgan fingerprint density at radius 3 is 2.75 bits per heavy atom. The van der Waals surface area contributed by atoms with Crippen LogP contribution in [0.25, 0.3) is 6.08 Å². The molecule has 2 atom stereocenters. The third kappa shape index (κ3) is 2.49. The SMILES string of the molecule is O=C1NCC(CC=Cc2ccccc2)C1O. The van der Waals surface area contributed by atoms with E-state index < -0.39 is 6.10 Å². The van der Waals surface area contributed by atoms with Gasteiger partial charge in [-0.15, -0.1) is 0 Å².